The van der Waals surface area contributed by atoms with Crippen molar-refractivity contribution in [1.29, 1.82) is 0 Å². The summed E-state index contributed by atoms with van der Waals surface area (Å²) >= 11 is 0. The van der Waals surface area contributed by atoms with E-state index in [9.17, 15) is 0 Å². The molecule has 0 saturated heterocycles. The molecule has 0 amide bonds. The summed E-state index contributed by atoms with van der Waals surface area (Å²) in [5.41, 5.74) is 14.9. The monoisotopic (exact) mass is 434 g/mol. The van der Waals surface area contributed by atoms with Crippen LogP contribution in [0.3, 0.4) is 0 Å². The van der Waals surface area contributed by atoms with E-state index < -0.39 is 0 Å². The largest absolute Gasteiger partial charge is 0.0776 e. The maximum atomic E-state index is 2.32. The molecule has 0 aliphatic heterocycles. The van der Waals surface area contributed by atoms with Gasteiger partial charge in [-0.3, -0.25) is 0 Å². The molecule has 0 nitrogen and oxygen atoms in total. The Morgan fingerprint density at radius 3 is 1.26 bits per heavy atom. The van der Waals surface area contributed by atoms with Crippen molar-refractivity contribution in [2.75, 3.05) is 0 Å². The van der Waals surface area contributed by atoms with Crippen LogP contribution >= 0.6 is 0 Å². The van der Waals surface area contributed by atoms with Crippen LogP contribution in [0.4, 0.5) is 0 Å². The van der Waals surface area contributed by atoms with E-state index in [2.05, 4.69) is 127 Å². The Morgan fingerprint density at radius 2 is 0.765 bits per heavy atom. The quantitative estimate of drug-likeness (QED) is 0.255. The Bertz CT molecular complexity index is 1460. The van der Waals surface area contributed by atoms with Gasteiger partial charge in [0.2, 0.25) is 0 Å². The molecule has 5 aromatic rings. The highest BCUT2D eigenvalue weighted by Gasteiger charge is 2.36. The number of benzene rings is 5. The van der Waals surface area contributed by atoms with Gasteiger partial charge in [0.1, 0.15) is 0 Å². The fourth-order valence-electron chi connectivity index (χ4n) is 5.85. The average Bonchev–Trinajstić information content (AvgIpc) is 3.39. The van der Waals surface area contributed by atoms with Crippen LogP contribution in [0.5, 0.6) is 0 Å². The number of hydrogen-bond donors (Lipinski definition) is 0. The third-order valence-electron chi connectivity index (χ3n) is 7.16. The lowest BCUT2D eigenvalue weighted by Crippen LogP contribution is -2.04. The van der Waals surface area contributed by atoms with Gasteiger partial charge >= 0.3 is 0 Å². The van der Waals surface area contributed by atoms with Crippen molar-refractivity contribution in [1.82, 2.24) is 0 Å². The Labute approximate surface area is 201 Å². The summed E-state index contributed by atoms with van der Waals surface area (Å²) in [6.45, 7) is 0. The van der Waals surface area contributed by atoms with Crippen molar-refractivity contribution in [3.8, 4) is 22.3 Å². The summed E-state index contributed by atoms with van der Waals surface area (Å²) in [5.74, 6) is 0.189. The zero-order valence-electron chi connectivity index (χ0n) is 18.2. The van der Waals surface area contributed by atoms with E-state index in [4.69, 9.17) is 0 Å². The fraction of sp³-hybridized carbons (Fsp3) is 0.0588. The molecule has 34 heavy (non-hydrogen) atoms. The predicted octanol–water partition coefficient (Wildman–Crippen LogP) is 9.07. The van der Waals surface area contributed by atoms with Crippen LogP contribution in [-0.2, 0) is 0 Å². The summed E-state index contributed by atoms with van der Waals surface area (Å²) in [7, 11) is 0. The Balaban J connectivity index is 0.00000217. The van der Waals surface area contributed by atoms with Crippen LogP contribution in [0.2, 0.25) is 0 Å². The van der Waals surface area contributed by atoms with Crippen molar-refractivity contribution in [2.45, 2.75) is 13.3 Å². The molecule has 0 N–H and O–H groups in total. The number of fused-ring (bicyclic) bond motifs is 6. The molecule has 0 aromatic heterocycles. The number of allylic oxidation sites excluding steroid dienone is 1. The van der Waals surface area contributed by atoms with Gasteiger partial charge in [0.25, 0.3) is 0 Å². The maximum Gasteiger partial charge on any atom is 0.0364 e. The van der Waals surface area contributed by atoms with Crippen LogP contribution < -0.4 is 0 Å². The molecule has 0 heterocycles. The smallest absolute Gasteiger partial charge is 0.0364 e. The Kier molecular flexibility index (Phi) is 4.81. The molecule has 7 rings (SSSR count). The molecular formula is C34H26. The molecule has 0 heteroatoms. The normalized spacial score (nSPS) is 12.9. The molecule has 0 atom stereocenters. The van der Waals surface area contributed by atoms with Crippen LogP contribution in [0.25, 0.3) is 33.4 Å². The van der Waals surface area contributed by atoms with Crippen LogP contribution in [-0.4, -0.2) is 0 Å². The standard InChI is InChI=1S/C33H22.CH4/c1-2-12-22(13-3-1)31(32-27-18-8-4-14-23(27)24-15-5-9-19-28(24)32)33-29-20-10-6-16-25(29)26-17-7-11-21-30(26)33;/h1-21,32H;1H4. The van der Waals surface area contributed by atoms with Gasteiger partial charge in [0.05, 0.1) is 0 Å². The molecular weight excluding hydrogens is 408 g/mol. The second-order valence-electron chi connectivity index (χ2n) is 8.85. The van der Waals surface area contributed by atoms with E-state index in [1.807, 2.05) is 0 Å². The molecule has 0 spiro atoms. The van der Waals surface area contributed by atoms with E-state index in [-0.39, 0.29) is 13.3 Å². The van der Waals surface area contributed by atoms with Crippen molar-refractivity contribution >= 4 is 11.1 Å². The second kappa shape index (κ2) is 8.01. The third-order valence-corrected chi connectivity index (χ3v) is 7.16. The van der Waals surface area contributed by atoms with Gasteiger partial charge in [0.15, 0.2) is 0 Å². The zero-order chi connectivity index (χ0) is 21.8. The summed E-state index contributed by atoms with van der Waals surface area (Å²) in [5, 5.41) is 0. The molecule has 5 aromatic carbocycles. The van der Waals surface area contributed by atoms with Crippen LogP contribution in [0.15, 0.2) is 127 Å². The second-order valence-corrected chi connectivity index (χ2v) is 8.85. The summed E-state index contributed by atoms with van der Waals surface area (Å²) in [4.78, 5) is 0. The maximum absolute atomic E-state index is 2.32. The van der Waals surface area contributed by atoms with E-state index >= 15 is 0 Å². The topological polar surface area (TPSA) is 0 Å². The number of rotatable bonds is 2. The molecule has 0 radical (unpaired) electrons. The van der Waals surface area contributed by atoms with Crippen LogP contribution in [0.1, 0.15) is 41.2 Å². The van der Waals surface area contributed by atoms with Gasteiger partial charge < -0.3 is 0 Å². The summed E-state index contributed by atoms with van der Waals surface area (Å²) < 4.78 is 0. The van der Waals surface area contributed by atoms with Crippen molar-refractivity contribution in [3.05, 3.63) is 155 Å². The number of hydrogen-bond acceptors (Lipinski definition) is 0. The molecule has 2 aliphatic rings. The Hall–Kier alpha value is -4.16. The van der Waals surface area contributed by atoms with Crippen LogP contribution in [0, 0.1) is 0 Å². The minimum Gasteiger partial charge on any atom is -0.0776 e. The van der Waals surface area contributed by atoms with E-state index in [1.165, 1.54) is 61.2 Å². The lowest BCUT2D eigenvalue weighted by atomic mass is 9.80. The van der Waals surface area contributed by atoms with Crippen molar-refractivity contribution < 1.29 is 0 Å². The first-order valence-corrected chi connectivity index (χ1v) is 11.6. The highest BCUT2D eigenvalue weighted by molar-refractivity contribution is 6.12. The van der Waals surface area contributed by atoms with Gasteiger partial charge in [0, 0.05) is 5.92 Å². The Morgan fingerprint density at radius 1 is 0.382 bits per heavy atom. The lowest BCUT2D eigenvalue weighted by molar-refractivity contribution is 1.09. The zero-order valence-corrected chi connectivity index (χ0v) is 18.2. The van der Waals surface area contributed by atoms with Gasteiger partial charge in [-0.15, -0.1) is 0 Å². The first-order chi connectivity index (χ1) is 16.4. The lowest BCUT2D eigenvalue weighted by Gasteiger charge is -2.23. The first-order valence-electron chi connectivity index (χ1n) is 11.6. The average molecular weight is 435 g/mol. The molecule has 0 saturated carbocycles. The van der Waals surface area contributed by atoms with Gasteiger partial charge in [-0.1, -0.05) is 135 Å². The SMILES string of the molecule is C.c1ccc(C(=C2c3ccccc3-c3ccccc32)C2c3ccccc3-c3ccccc32)cc1. The molecule has 0 bridgehead atoms. The summed E-state index contributed by atoms with van der Waals surface area (Å²) in [6.07, 6.45) is 0. The highest BCUT2D eigenvalue weighted by Crippen LogP contribution is 2.56. The minimum atomic E-state index is 0. The van der Waals surface area contributed by atoms with Crippen molar-refractivity contribution in [2.24, 2.45) is 0 Å². The molecule has 2 aliphatic carbocycles. The molecule has 0 unspecified atom stereocenters. The van der Waals surface area contributed by atoms with Crippen molar-refractivity contribution in [3.63, 3.8) is 0 Å². The minimum absolute atomic E-state index is 0. The van der Waals surface area contributed by atoms with Gasteiger partial charge in [-0.05, 0) is 61.2 Å². The van der Waals surface area contributed by atoms with E-state index in [0.29, 0.717) is 0 Å². The summed E-state index contributed by atoms with van der Waals surface area (Å²) in [6, 6.07) is 46.6. The third kappa shape index (κ3) is 2.85. The first kappa shape index (κ1) is 20.4. The van der Waals surface area contributed by atoms with E-state index in [0.717, 1.165) is 0 Å². The van der Waals surface area contributed by atoms with E-state index in [1.54, 1.807) is 0 Å². The predicted molar refractivity (Wildman–Crippen MR) is 145 cm³/mol. The van der Waals surface area contributed by atoms with Gasteiger partial charge in [-0.2, -0.15) is 0 Å². The molecule has 0 fully saturated rings. The van der Waals surface area contributed by atoms with Gasteiger partial charge in [-0.25, -0.2) is 0 Å². The fourth-order valence-corrected chi connectivity index (χ4v) is 5.85. The highest BCUT2D eigenvalue weighted by atomic mass is 14.4. The molecule has 162 valence electrons.